The fourth-order valence-electron chi connectivity index (χ4n) is 4.40. The van der Waals surface area contributed by atoms with E-state index in [4.69, 9.17) is 0 Å². The lowest BCUT2D eigenvalue weighted by molar-refractivity contribution is -0.138. The molecule has 16 heteroatoms. The number of carbonyl (C=O) groups is 1. The monoisotopic (exact) mass is 641 g/mol. The average molecular weight is 642 g/mol. The Kier molecular flexibility index (Phi) is 8.09. The van der Waals surface area contributed by atoms with E-state index in [9.17, 15) is 39.6 Å². The normalized spacial score (nSPS) is 15.9. The second-order valence-electron chi connectivity index (χ2n) is 9.55. The van der Waals surface area contributed by atoms with Crippen LogP contribution in [-0.4, -0.2) is 43.4 Å². The number of hydrogen-bond acceptors (Lipinski definition) is 7. The average Bonchev–Trinajstić information content (AvgIpc) is 3.62. The smallest absolute Gasteiger partial charge is 0.347 e. The van der Waals surface area contributed by atoms with E-state index in [1.807, 2.05) is 4.90 Å². The van der Waals surface area contributed by atoms with Gasteiger partial charge in [-0.25, -0.2) is 13.4 Å². The Labute approximate surface area is 245 Å². The molecular weight excluding hydrogens is 620 g/mol. The number of benzene rings is 2. The largest absolute Gasteiger partial charge is 0.416 e. The quantitative estimate of drug-likeness (QED) is 0.238. The number of amides is 1. The first-order valence-electron chi connectivity index (χ1n) is 12.5. The van der Waals surface area contributed by atoms with Crippen molar-refractivity contribution in [1.82, 2.24) is 15.3 Å². The Morgan fingerprint density at radius 2 is 1.67 bits per heavy atom. The van der Waals surface area contributed by atoms with E-state index in [-0.39, 0.29) is 10.5 Å². The maximum absolute atomic E-state index is 13.4. The third-order valence-electron chi connectivity index (χ3n) is 6.57. The molecule has 2 aromatic heterocycles. The van der Waals surface area contributed by atoms with Gasteiger partial charge in [0.2, 0.25) is 0 Å². The highest BCUT2D eigenvalue weighted by atomic mass is 32.2. The van der Waals surface area contributed by atoms with E-state index >= 15 is 0 Å². The molecule has 1 atom stereocenters. The zero-order chi connectivity index (χ0) is 31.0. The fraction of sp³-hybridized carbons (Fsp3) is 0.222. The third-order valence-corrected chi connectivity index (χ3v) is 8.83. The van der Waals surface area contributed by atoms with Gasteiger partial charge in [-0.1, -0.05) is 12.1 Å². The van der Waals surface area contributed by atoms with Gasteiger partial charge in [0, 0.05) is 42.5 Å². The predicted molar refractivity (Wildman–Crippen MR) is 147 cm³/mol. The van der Waals surface area contributed by atoms with Gasteiger partial charge in [0.05, 0.1) is 28.1 Å². The molecule has 1 aliphatic rings. The molecule has 1 saturated heterocycles. The molecular formula is C27H21F6N5O3S2. The zero-order valence-corrected chi connectivity index (χ0v) is 23.4. The minimum atomic E-state index is -4.79. The molecule has 2 aromatic carbocycles. The number of pyridine rings is 1. The van der Waals surface area contributed by atoms with Crippen LogP contribution in [0.1, 0.15) is 27.9 Å². The highest BCUT2D eigenvalue weighted by molar-refractivity contribution is 7.92. The molecule has 5 rings (SSSR count). The van der Waals surface area contributed by atoms with Crippen molar-refractivity contribution in [2.75, 3.05) is 22.7 Å². The van der Waals surface area contributed by atoms with Crippen molar-refractivity contribution in [1.29, 1.82) is 0 Å². The number of hydrogen-bond donors (Lipinski definition) is 2. The van der Waals surface area contributed by atoms with Crippen molar-refractivity contribution in [2.45, 2.75) is 29.7 Å². The van der Waals surface area contributed by atoms with Crippen LogP contribution in [0, 0.1) is 0 Å². The number of carbonyl (C=O) groups excluding carboxylic acids is 1. The number of halogens is 6. The topological polar surface area (TPSA) is 104 Å². The summed E-state index contributed by atoms with van der Waals surface area (Å²) >= 11 is 1.27. The minimum Gasteiger partial charge on any atom is -0.347 e. The molecule has 1 aliphatic heterocycles. The molecule has 0 aliphatic carbocycles. The lowest BCUT2D eigenvalue weighted by atomic mass is 10.1. The van der Waals surface area contributed by atoms with Crippen molar-refractivity contribution in [3.63, 3.8) is 0 Å². The van der Waals surface area contributed by atoms with Crippen LogP contribution in [-0.2, 0) is 22.4 Å². The van der Waals surface area contributed by atoms with E-state index in [1.54, 1.807) is 5.38 Å². The molecule has 1 amide bonds. The maximum Gasteiger partial charge on any atom is 0.416 e. The number of aromatic nitrogens is 2. The fourth-order valence-corrected chi connectivity index (χ4v) is 6.31. The van der Waals surface area contributed by atoms with Gasteiger partial charge in [-0.05, 0) is 48.9 Å². The summed E-state index contributed by atoms with van der Waals surface area (Å²) in [6.07, 6.45) is -6.44. The summed E-state index contributed by atoms with van der Waals surface area (Å²) in [7, 11) is -4.36. The second-order valence-corrected chi connectivity index (χ2v) is 12.1. The van der Waals surface area contributed by atoms with Crippen LogP contribution in [0.5, 0.6) is 0 Å². The van der Waals surface area contributed by atoms with Crippen LogP contribution >= 0.6 is 11.3 Å². The molecule has 1 unspecified atom stereocenters. The van der Waals surface area contributed by atoms with Gasteiger partial charge in [-0.2, -0.15) is 26.3 Å². The lowest BCUT2D eigenvalue weighted by Crippen LogP contribution is -2.37. The lowest BCUT2D eigenvalue weighted by Gasteiger charge is -2.18. The Morgan fingerprint density at radius 1 is 0.977 bits per heavy atom. The van der Waals surface area contributed by atoms with Gasteiger partial charge < -0.3 is 10.2 Å². The van der Waals surface area contributed by atoms with Crippen LogP contribution in [0.4, 0.5) is 37.2 Å². The summed E-state index contributed by atoms with van der Waals surface area (Å²) in [6.45, 7) is 0.765. The van der Waals surface area contributed by atoms with Crippen molar-refractivity contribution in [3.8, 4) is 11.3 Å². The standard InChI is InChI=1S/C27H21F6N5O3S2/c28-26(29,30)17-5-3-16(4-6-17)23-15-42-25(36-23)38-11-9-19(14-38)35-24(39)21-8-7-18(27(31,32)33)12-22(21)37-43(40,41)20-2-1-10-34-13-20/h1-8,10,12-13,15,19,37H,9,11,14H2,(H,35,39). The first-order chi connectivity index (χ1) is 20.2. The molecule has 226 valence electrons. The van der Waals surface area contributed by atoms with E-state index < -0.39 is 51.1 Å². The molecule has 0 saturated carbocycles. The van der Waals surface area contributed by atoms with Crippen molar-refractivity contribution >= 4 is 38.1 Å². The summed E-state index contributed by atoms with van der Waals surface area (Å²) in [5, 5.41) is 5.02. The van der Waals surface area contributed by atoms with Gasteiger partial charge in [-0.3, -0.25) is 14.5 Å². The number of nitrogens with zero attached hydrogens (tertiary/aromatic N) is 3. The van der Waals surface area contributed by atoms with E-state index in [2.05, 4.69) is 20.0 Å². The van der Waals surface area contributed by atoms with Gasteiger partial charge >= 0.3 is 12.4 Å². The number of sulfonamides is 1. The summed E-state index contributed by atoms with van der Waals surface area (Å²) < 4.78 is 107. The summed E-state index contributed by atoms with van der Waals surface area (Å²) in [6, 6.07) is 8.87. The molecule has 8 nitrogen and oxygen atoms in total. The Hall–Kier alpha value is -4.18. The van der Waals surface area contributed by atoms with E-state index in [1.165, 1.54) is 41.8 Å². The Bertz CT molecular complexity index is 1730. The third kappa shape index (κ3) is 6.91. The first-order valence-corrected chi connectivity index (χ1v) is 14.9. The molecule has 4 aromatic rings. The van der Waals surface area contributed by atoms with Crippen LogP contribution < -0.4 is 14.9 Å². The highest BCUT2D eigenvalue weighted by Crippen LogP contribution is 2.35. The van der Waals surface area contributed by atoms with Crippen LogP contribution in [0.3, 0.4) is 0 Å². The number of thiazole rings is 1. The molecule has 3 heterocycles. The SMILES string of the molecule is O=C(NC1CCN(c2nc(-c3ccc(C(F)(F)F)cc3)cs2)C1)c1ccc(C(F)(F)F)cc1NS(=O)(=O)c1cccnc1. The number of alkyl halides is 6. The Balaban J connectivity index is 1.30. The van der Waals surface area contributed by atoms with Crippen molar-refractivity contribution in [2.24, 2.45) is 0 Å². The van der Waals surface area contributed by atoms with Crippen LogP contribution in [0.2, 0.25) is 0 Å². The first kappa shape index (κ1) is 30.3. The van der Waals surface area contributed by atoms with Gasteiger partial charge in [-0.15, -0.1) is 11.3 Å². The molecule has 43 heavy (non-hydrogen) atoms. The number of anilines is 2. The second kappa shape index (κ2) is 11.5. The predicted octanol–water partition coefficient (Wildman–Crippen LogP) is 6.05. The van der Waals surface area contributed by atoms with Crippen LogP contribution in [0.25, 0.3) is 11.3 Å². The zero-order valence-electron chi connectivity index (χ0n) is 21.8. The number of nitrogens with one attached hydrogen (secondary N) is 2. The van der Waals surface area contributed by atoms with E-state index in [0.717, 1.165) is 24.4 Å². The summed E-state index contributed by atoms with van der Waals surface area (Å²) in [5.74, 6) is -0.783. The van der Waals surface area contributed by atoms with Gasteiger partial charge in [0.1, 0.15) is 4.90 Å². The summed E-state index contributed by atoms with van der Waals surface area (Å²) in [5.41, 5.74) is -1.79. The minimum absolute atomic E-state index is 0.295. The molecule has 0 spiro atoms. The van der Waals surface area contributed by atoms with E-state index in [0.29, 0.717) is 48.0 Å². The van der Waals surface area contributed by atoms with Crippen molar-refractivity contribution < 1.29 is 39.6 Å². The molecule has 2 N–H and O–H groups in total. The maximum atomic E-state index is 13.4. The summed E-state index contributed by atoms with van der Waals surface area (Å²) in [4.78, 5) is 23.0. The molecule has 1 fully saturated rings. The van der Waals surface area contributed by atoms with Crippen LogP contribution in [0.15, 0.2) is 77.3 Å². The van der Waals surface area contributed by atoms with Gasteiger partial charge in [0.15, 0.2) is 5.13 Å². The molecule has 0 bridgehead atoms. The number of rotatable bonds is 7. The molecule has 0 radical (unpaired) electrons. The van der Waals surface area contributed by atoms with Crippen molar-refractivity contribution in [3.05, 3.63) is 89.1 Å². The van der Waals surface area contributed by atoms with Gasteiger partial charge in [0.25, 0.3) is 15.9 Å². The Morgan fingerprint density at radius 3 is 2.33 bits per heavy atom. The highest BCUT2D eigenvalue weighted by Gasteiger charge is 2.34.